The molecule has 2 N–H and O–H groups in total. The molecule has 1 aliphatic carbocycles. The van der Waals surface area contributed by atoms with E-state index in [1.165, 1.54) is 6.07 Å². The van der Waals surface area contributed by atoms with E-state index in [-0.39, 0.29) is 23.2 Å². The van der Waals surface area contributed by atoms with Gasteiger partial charge in [0.1, 0.15) is 5.82 Å². The molecule has 1 unspecified atom stereocenters. The average Bonchev–Trinajstić information content (AvgIpc) is 2.38. The van der Waals surface area contributed by atoms with Crippen LogP contribution in [0.2, 0.25) is 0 Å². The molecule has 1 aromatic carbocycles. The number of anilines is 1. The molecule has 0 amide bonds. The van der Waals surface area contributed by atoms with Gasteiger partial charge in [-0.05, 0) is 37.0 Å². The van der Waals surface area contributed by atoms with Crippen LogP contribution in [0.5, 0.6) is 0 Å². The maximum absolute atomic E-state index is 13.6. The van der Waals surface area contributed by atoms with Crippen LogP contribution in [0, 0.1) is 18.7 Å². The number of ketones is 1. The van der Waals surface area contributed by atoms with Gasteiger partial charge in [0, 0.05) is 17.2 Å². The summed E-state index contributed by atoms with van der Waals surface area (Å²) >= 11 is 0. The zero-order valence-electron chi connectivity index (χ0n) is 11.0. The highest BCUT2D eigenvalue weighted by Gasteiger charge is 2.31. The Morgan fingerprint density at radius 3 is 3.05 bits per heavy atom. The van der Waals surface area contributed by atoms with Crippen molar-refractivity contribution in [1.29, 1.82) is 0 Å². The van der Waals surface area contributed by atoms with Gasteiger partial charge in [0.15, 0.2) is 5.78 Å². The van der Waals surface area contributed by atoms with Crippen LogP contribution in [0.25, 0.3) is 0 Å². The Bertz CT molecular complexity index is 525. The first-order chi connectivity index (χ1) is 9.06. The lowest BCUT2D eigenvalue weighted by molar-refractivity contribution is 0.0731. The Morgan fingerprint density at radius 2 is 2.37 bits per heavy atom. The lowest BCUT2D eigenvalue weighted by Gasteiger charge is -2.25. The van der Waals surface area contributed by atoms with Crippen LogP contribution in [0.3, 0.4) is 0 Å². The van der Waals surface area contributed by atoms with Crippen molar-refractivity contribution >= 4 is 11.5 Å². The van der Waals surface area contributed by atoms with Crippen LogP contribution in [0.4, 0.5) is 10.1 Å². The Hall–Kier alpha value is -1.68. The zero-order valence-corrected chi connectivity index (χ0v) is 11.0. The van der Waals surface area contributed by atoms with E-state index in [9.17, 15) is 9.18 Å². The number of carbonyl (C=O) groups is 1. The molecule has 0 saturated carbocycles. The van der Waals surface area contributed by atoms with Crippen molar-refractivity contribution in [2.45, 2.75) is 19.8 Å². The van der Waals surface area contributed by atoms with E-state index in [0.717, 1.165) is 5.56 Å². The minimum atomic E-state index is -0.342. The number of fused-ring (bicyclic) bond motifs is 1. The second kappa shape index (κ2) is 5.53. The lowest BCUT2D eigenvalue weighted by atomic mass is 9.80. The Kier molecular flexibility index (Phi) is 4.00. The Morgan fingerprint density at radius 1 is 1.63 bits per heavy atom. The van der Waals surface area contributed by atoms with Crippen LogP contribution in [0.15, 0.2) is 18.7 Å². The molecule has 19 heavy (non-hydrogen) atoms. The Balaban J connectivity index is 2.28. The number of nitrogens with two attached hydrogens (primary N) is 1. The molecule has 0 radical (unpaired) electrons. The standard InChI is InChI=1S/C15H18FNO2/c1-3-6-19-8-10-4-5-11-9(2)12(16)7-13(17)14(11)15(10)18/h3,7,10H,1,4-6,8,17H2,2H3. The number of hydrogen-bond donors (Lipinski definition) is 1. The molecule has 102 valence electrons. The van der Waals surface area contributed by atoms with Crippen molar-refractivity contribution in [3.8, 4) is 0 Å². The number of ether oxygens (including phenoxy) is 1. The molecule has 1 atom stereocenters. The summed E-state index contributed by atoms with van der Waals surface area (Å²) in [4.78, 5) is 12.4. The third kappa shape index (κ3) is 2.54. The van der Waals surface area contributed by atoms with E-state index >= 15 is 0 Å². The molecule has 0 fully saturated rings. The first kappa shape index (κ1) is 13.7. The molecule has 0 bridgehead atoms. The van der Waals surface area contributed by atoms with Crippen molar-refractivity contribution in [2.24, 2.45) is 5.92 Å². The zero-order chi connectivity index (χ0) is 14.0. The van der Waals surface area contributed by atoms with Gasteiger partial charge in [0.2, 0.25) is 0 Å². The molecular weight excluding hydrogens is 245 g/mol. The molecule has 3 nitrogen and oxygen atoms in total. The van der Waals surface area contributed by atoms with Crippen LogP contribution in [-0.4, -0.2) is 19.0 Å². The highest BCUT2D eigenvalue weighted by atomic mass is 19.1. The second-order valence-electron chi connectivity index (χ2n) is 4.85. The number of benzene rings is 1. The molecule has 1 aliphatic rings. The fraction of sp³-hybridized carbons (Fsp3) is 0.400. The smallest absolute Gasteiger partial charge is 0.170 e. The monoisotopic (exact) mass is 263 g/mol. The first-order valence-corrected chi connectivity index (χ1v) is 6.36. The van der Waals surface area contributed by atoms with E-state index in [4.69, 9.17) is 10.5 Å². The van der Waals surface area contributed by atoms with Crippen molar-refractivity contribution in [1.82, 2.24) is 0 Å². The summed E-state index contributed by atoms with van der Waals surface area (Å²) in [6.45, 7) is 6.04. The van der Waals surface area contributed by atoms with Gasteiger partial charge in [-0.15, -0.1) is 6.58 Å². The third-order valence-electron chi connectivity index (χ3n) is 3.60. The van der Waals surface area contributed by atoms with E-state index in [0.29, 0.717) is 37.2 Å². The number of Topliss-reactive ketones (excluding diaryl/α,β-unsaturated/α-hetero) is 1. The minimum absolute atomic E-state index is 0.0362. The molecular formula is C15H18FNO2. The highest BCUT2D eigenvalue weighted by molar-refractivity contribution is 6.05. The van der Waals surface area contributed by atoms with E-state index < -0.39 is 0 Å². The molecule has 0 aromatic heterocycles. The number of nitrogen functional groups attached to an aromatic ring is 1. The van der Waals surface area contributed by atoms with Crippen molar-refractivity contribution in [3.63, 3.8) is 0 Å². The first-order valence-electron chi connectivity index (χ1n) is 6.36. The molecule has 0 heterocycles. The van der Waals surface area contributed by atoms with Gasteiger partial charge in [0.05, 0.1) is 13.2 Å². The summed E-state index contributed by atoms with van der Waals surface area (Å²) < 4.78 is 19.0. The maximum Gasteiger partial charge on any atom is 0.170 e. The quantitative estimate of drug-likeness (QED) is 0.516. The van der Waals surface area contributed by atoms with Gasteiger partial charge in [-0.2, -0.15) is 0 Å². The predicted molar refractivity (Wildman–Crippen MR) is 72.7 cm³/mol. The fourth-order valence-corrected chi connectivity index (χ4v) is 2.53. The van der Waals surface area contributed by atoms with Crippen LogP contribution in [0.1, 0.15) is 27.9 Å². The molecule has 0 saturated heterocycles. The second-order valence-corrected chi connectivity index (χ2v) is 4.85. The topological polar surface area (TPSA) is 52.3 Å². The van der Waals surface area contributed by atoms with E-state index in [1.54, 1.807) is 13.0 Å². The molecule has 1 aromatic rings. The van der Waals surface area contributed by atoms with E-state index in [1.807, 2.05) is 0 Å². The largest absolute Gasteiger partial charge is 0.398 e. The maximum atomic E-state index is 13.6. The van der Waals surface area contributed by atoms with Crippen molar-refractivity contribution in [3.05, 3.63) is 41.2 Å². The van der Waals surface area contributed by atoms with Crippen molar-refractivity contribution in [2.75, 3.05) is 18.9 Å². The van der Waals surface area contributed by atoms with E-state index in [2.05, 4.69) is 6.58 Å². The summed E-state index contributed by atoms with van der Waals surface area (Å²) in [6, 6.07) is 1.24. The normalized spacial score (nSPS) is 18.2. The third-order valence-corrected chi connectivity index (χ3v) is 3.60. The van der Waals surface area contributed by atoms with Gasteiger partial charge < -0.3 is 10.5 Å². The summed E-state index contributed by atoms with van der Waals surface area (Å²) in [6.07, 6.45) is 2.98. The molecule has 0 aliphatic heterocycles. The number of halogens is 1. The molecule has 0 spiro atoms. The number of hydrogen-bond acceptors (Lipinski definition) is 3. The number of carbonyl (C=O) groups excluding carboxylic acids is 1. The average molecular weight is 263 g/mol. The summed E-state index contributed by atoms with van der Waals surface area (Å²) in [7, 11) is 0. The minimum Gasteiger partial charge on any atom is -0.398 e. The van der Waals surface area contributed by atoms with Crippen LogP contribution >= 0.6 is 0 Å². The predicted octanol–water partition coefficient (Wildman–Crippen LogP) is 2.66. The summed E-state index contributed by atoms with van der Waals surface area (Å²) in [5.74, 6) is -0.573. The number of rotatable bonds is 4. The summed E-state index contributed by atoms with van der Waals surface area (Å²) in [5.41, 5.74) is 7.80. The van der Waals surface area contributed by atoms with Gasteiger partial charge in [-0.25, -0.2) is 4.39 Å². The molecule has 4 heteroatoms. The van der Waals surface area contributed by atoms with Gasteiger partial charge in [-0.3, -0.25) is 4.79 Å². The van der Waals surface area contributed by atoms with Crippen LogP contribution < -0.4 is 5.73 Å². The van der Waals surface area contributed by atoms with Gasteiger partial charge in [-0.1, -0.05) is 6.08 Å². The fourth-order valence-electron chi connectivity index (χ4n) is 2.53. The highest BCUT2D eigenvalue weighted by Crippen LogP contribution is 2.33. The van der Waals surface area contributed by atoms with Crippen molar-refractivity contribution < 1.29 is 13.9 Å². The Labute approximate surface area is 112 Å². The van der Waals surface area contributed by atoms with Crippen LogP contribution in [-0.2, 0) is 11.2 Å². The van der Waals surface area contributed by atoms with Gasteiger partial charge in [0.25, 0.3) is 0 Å². The SMILES string of the molecule is C=CCOCC1CCc2c(C)c(F)cc(N)c2C1=O. The lowest BCUT2D eigenvalue weighted by Crippen LogP contribution is -2.28. The molecule has 2 rings (SSSR count). The summed E-state index contributed by atoms with van der Waals surface area (Å²) in [5, 5.41) is 0. The van der Waals surface area contributed by atoms with Gasteiger partial charge >= 0.3 is 0 Å².